The molecular formula is C23H26ClN5O3. The largest absolute Gasteiger partial charge is 0.497 e. The quantitative estimate of drug-likeness (QED) is 0.764. The van der Waals surface area contributed by atoms with E-state index in [4.69, 9.17) is 16.3 Å². The molecule has 2 aromatic rings. The van der Waals surface area contributed by atoms with E-state index in [1.54, 1.807) is 31.2 Å². The van der Waals surface area contributed by atoms with Gasteiger partial charge >= 0.3 is 6.03 Å². The van der Waals surface area contributed by atoms with Crippen molar-refractivity contribution in [1.29, 1.82) is 0 Å². The van der Waals surface area contributed by atoms with Gasteiger partial charge in [0.15, 0.2) is 0 Å². The van der Waals surface area contributed by atoms with Crippen LogP contribution in [0.2, 0.25) is 5.02 Å². The summed E-state index contributed by atoms with van der Waals surface area (Å²) in [4.78, 5) is 34.1. The van der Waals surface area contributed by atoms with Crippen molar-refractivity contribution in [3.05, 3.63) is 59.1 Å². The number of carbonyl (C=O) groups is 2. The lowest BCUT2D eigenvalue weighted by Crippen LogP contribution is -2.66. The Labute approximate surface area is 192 Å². The van der Waals surface area contributed by atoms with Gasteiger partial charge in [0.05, 0.1) is 13.7 Å². The minimum absolute atomic E-state index is 0.169. The predicted molar refractivity (Wildman–Crippen MR) is 121 cm³/mol. The first-order chi connectivity index (χ1) is 15.5. The number of fused-ring (bicyclic) bond motifs is 3. The number of anilines is 1. The van der Waals surface area contributed by atoms with Crippen LogP contribution in [0.5, 0.6) is 5.75 Å². The smallest absolute Gasteiger partial charge is 0.328 e. The fraction of sp³-hybridized carbons (Fsp3) is 0.391. The van der Waals surface area contributed by atoms with Crippen LogP contribution >= 0.6 is 11.6 Å². The first kappa shape index (κ1) is 21.1. The number of likely N-dealkylation sites (N-methyl/N-ethyl adjacent to an activating group) is 1. The van der Waals surface area contributed by atoms with Gasteiger partial charge in [-0.3, -0.25) is 19.9 Å². The fourth-order valence-corrected chi connectivity index (χ4v) is 5.13. The Morgan fingerprint density at radius 2 is 1.91 bits per heavy atom. The van der Waals surface area contributed by atoms with Crippen LogP contribution < -0.4 is 15.0 Å². The Hall–Kier alpha value is -2.81. The van der Waals surface area contributed by atoms with Crippen molar-refractivity contribution in [2.75, 3.05) is 32.1 Å². The SMILES string of the molecule is COc1ccc(N2CCCN3C4C(=O)N(Cc5cccc(Cl)c5)C(=O)N(C)C4NC23)cc1. The van der Waals surface area contributed by atoms with Crippen LogP contribution in [0, 0.1) is 0 Å². The molecule has 3 saturated heterocycles. The Kier molecular flexibility index (Phi) is 5.44. The molecule has 3 fully saturated rings. The Morgan fingerprint density at radius 3 is 2.62 bits per heavy atom. The first-order valence-corrected chi connectivity index (χ1v) is 11.1. The Morgan fingerprint density at radius 1 is 1.12 bits per heavy atom. The molecule has 0 aromatic heterocycles. The molecule has 3 amide bonds. The summed E-state index contributed by atoms with van der Waals surface area (Å²) in [6.45, 7) is 1.84. The highest BCUT2D eigenvalue weighted by molar-refractivity contribution is 6.30. The summed E-state index contributed by atoms with van der Waals surface area (Å²) in [5.74, 6) is 0.623. The lowest BCUT2D eigenvalue weighted by Gasteiger charge is -2.44. The van der Waals surface area contributed by atoms with E-state index in [1.165, 1.54) is 4.90 Å². The van der Waals surface area contributed by atoms with Gasteiger partial charge in [0.1, 0.15) is 24.2 Å². The van der Waals surface area contributed by atoms with Crippen LogP contribution in [-0.2, 0) is 11.3 Å². The van der Waals surface area contributed by atoms with Crippen molar-refractivity contribution in [2.24, 2.45) is 0 Å². The number of halogens is 1. The highest BCUT2D eigenvalue weighted by atomic mass is 35.5. The second kappa shape index (κ2) is 8.27. The monoisotopic (exact) mass is 455 g/mol. The Balaban J connectivity index is 1.42. The number of amides is 3. The third-order valence-electron chi connectivity index (χ3n) is 6.50. The van der Waals surface area contributed by atoms with Gasteiger partial charge in [-0.1, -0.05) is 23.7 Å². The molecule has 2 aromatic carbocycles. The molecule has 0 saturated carbocycles. The van der Waals surface area contributed by atoms with E-state index >= 15 is 0 Å². The maximum atomic E-state index is 13.6. The minimum atomic E-state index is -0.442. The van der Waals surface area contributed by atoms with Gasteiger partial charge in [-0.05, 0) is 48.4 Å². The van der Waals surface area contributed by atoms with Gasteiger partial charge in [-0.2, -0.15) is 0 Å². The van der Waals surface area contributed by atoms with E-state index in [1.807, 2.05) is 36.4 Å². The Bertz CT molecular complexity index is 1030. The average molecular weight is 456 g/mol. The normalized spacial score (nSPS) is 25.7. The van der Waals surface area contributed by atoms with Crippen LogP contribution in [-0.4, -0.2) is 72.4 Å². The summed E-state index contributed by atoms with van der Waals surface area (Å²) in [6, 6.07) is 14.4. The van der Waals surface area contributed by atoms with Crippen LogP contribution in [0.25, 0.3) is 0 Å². The van der Waals surface area contributed by atoms with Gasteiger partial charge in [-0.25, -0.2) is 4.79 Å². The number of benzene rings is 2. The van der Waals surface area contributed by atoms with Crippen molar-refractivity contribution < 1.29 is 14.3 Å². The second-order valence-electron chi connectivity index (χ2n) is 8.36. The molecule has 5 rings (SSSR count). The van der Waals surface area contributed by atoms with Crippen molar-refractivity contribution >= 4 is 29.2 Å². The highest BCUT2D eigenvalue weighted by Gasteiger charge is 2.56. The van der Waals surface area contributed by atoms with Gasteiger partial charge in [-0.15, -0.1) is 0 Å². The van der Waals surface area contributed by atoms with Crippen molar-refractivity contribution in [3.63, 3.8) is 0 Å². The van der Waals surface area contributed by atoms with E-state index < -0.39 is 6.04 Å². The lowest BCUT2D eigenvalue weighted by molar-refractivity contribution is -0.139. The third kappa shape index (κ3) is 3.48. The van der Waals surface area contributed by atoms with E-state index in [0.29, 0.717) is 5.02 Å². The predicted octanol–water partition coefficient (Wildman–Crippen LogP) is 2.54. The molecule has 1 N–H and O–H groups in total. The van der Waals surface area contributed by atoms with Gasteiger partial charge in [0, 0.05) is 30.8 Å². The van der Waals surface area contributed by atoms with E-state index in [9.17, 15) is 9.59 Å². The van der Waals surface area contributed by atoms with Crippen LogP contribution in [0.15, 0.2) is 48.5 Å². The molecular weight excluding hydrogens is 430 g/mol. The maximum Gasteiger partial charge on any atom is 0.328 e. The van der Waals surface area contributed by atoms with Gasteiger partial charge < -0.3 is 14.5 Å². The molecule has 0 spiro atoms. The van der Waals surface area contributed by atoms with Crippen LogP contribution in [0.4, 0.5) is 10.5 Å². The summed E-state index contributed by atoms with van der Waals surface area (Å²) in [5, 5.41) is 4.12. The van der Waals surface area contributed by atoms with Gasteiger partial charge in [0.25, 0.3) is 5.91 Å². The zero-order valence-electron chi connectivity index (χ0n) is 18.1. The molecule has 3 atom stereocenters. The molecule has 0 aliphatic carbocycles. The molecule has 3 aliphatic heterocycles. The standard InChI is InChI=1S/C23H26ClN5O3/c1-26-20-19(21(30)29(23(26)31)14-15-5-3-6-16(24)13-15)28-12-4-11-27(22(28)25-20)17-7-9-18(32-2)10-8-17/h3,5-10,13,19-20,22,25H,4,11-12,14H2,1-2H3. The highest BCUT2D eigenvalue weighted by Crippen LogP contribution is 2.34. The molecule has 32 heavy (non-hydrogen) atoms. The van der Waals surface area contributed by atoms with Crippen LogP contribution in [0.1, 0.15) is 12.0 Å². The van der Waals surface area contributed by atoms with Crippen molar-refractivity contribution in [1.82, 2.24) is 20.0 Å². The lowest BCUT2D eigenvalue weighted by atomic mass is 10.1. The van der Waals surface area contributed by atoms with E-state index in [2.05, 4.69) is 15.1 Å². The average Bonchev–Trinajstić information content (AvgIpc) is 3.21. The molecule has 0 radical (unpaired) electrons. The minimum Gasteiger partial charge on any atom is -0.497 e. The third-order valence-corrected chi connectivity index (χ3v) is 6.74. The molecule has 3 unspecified atom stereocenters. The molecule has 9 heteroatoms. The number of urea groups is 1. The number of hydrogen-bond donors (Lipinski definition) is 1. The maximum absolute atomic E-state index is 13.6. The number of rotatable bonds is 4. The summed E-state index contributed by atoms with van der Waals surface area (Å²) >= 11 is 6.11. The molecule has 3 aliphatic rings. The fourth-order valence-electron chi connectivity index (χ4n) is 4.92. The zero-order chi connectivity index (χ0) is 22.4. The summed E-state index contributed by atoms with van der Waals surface area (Å²) in [7, 11) is 3.40. The molecule has 0 bridgehead atoms. The summed E-state index contributed by atoms with van der Waals surface area (Å²) in [6.07, 6.45) is 0.374. The number of nitrogens with zero attached hydrogens (tertiary/aromatic N) is 4. The number of imide groups is 1. The molecule has 168 valence electrons. The second-order valence-corrected chi connectivity index (χ2v) is 8.80. The van der Waals surface area contributed by atoms with Crippen LogP contribution in [0.3, 0.4) is 0 Å². The molecule has 8 nitrogen and oxygen atoms in total. The molecule has 3 heterocycles. The first-order valence-electron chi connectivity index (χ1n) is 10.7. The van der Waals surface area contributed by atoms with Crippen molar-refractivity contribution in [2.45, 2.75) is 31.5 Å². The van der Waals surface area contributed by atoms with Crippen molar-refractivity contribution in [3.8, 4) is 5.75 Å². The number of nitrogens with one attached hydrogen (secondary N) is 1. The number of ether oxygens (including phenoxy) is 1. The summed E-state index contributed by atoms with van der Waals surface area (Å²) in [5.41, 5.74) is 1.87. The van der Waals surface area contributed by atoms with Gasteiger partial charge in [0.2, 0.25) is 0 Å². The number of hydrogen-bond acceptors (Lipinski definition) is 6. The zero-order valence-corrected chi connectivity index (χ0v) is 18.8. The number of carbonyl (C=O) groups excluding carboxylic acids is 2. The number of methoxy groups -OCH3 is 1. The van der Waals surface area contributed by atoms with E-state index in [0.717, 1.165) is 36.5 Å². The topological polar surface area (TPSA) is 68.4 Å². The van der Waals surface area contributed by atoms with E-state index in [-0.39, 0.29) is 30.9 Å². The summed E-state index contributed by atoms with van der Waals surface area (Å²) < 4.78 is 5.28.